The quantitative estimate of drug-likeness (QED) is 0.159. The first-order valence-electron chi connectivity index (χ1n) is 10.5. The summed E-state index contributed by atoms with van der Waals surface area (Å²) in [7, 11) is 0. The SMILES string of the molecule is CCN1C(=O)C(=Cc2ccc(OC(NC(=O)c3cccc4ccccc34)C(Cl)(Cl)Cl)cc2)SC1=S. The van der Waals surface area contributed by atoms with E-state index in [1.807, 2.05) is 37.3 Å². The van der Waals surface area contributed by atoms with E-state index in [-0.39, 0.29) is 5.91 Å². The predicted molar refractivity (Wildman–Crippen MR) is 148 cm³/mol. The summed E-state index contributed by atoms with van der Waals surface area (Å²) in [5.74, 6) is -0.180. The summed E-state index contributed by atoms with van der Waals surface area (Å²) in [6, 6.07) is 19.8. The molecular weight excluding hydrogens is 547 g/mol. The lowest BCUT2D eigenvalue weighted by Crippen LogP contribution is -2.47. The Morgan fingerprint density at radius 3 is 2.46 bits per heavy atom. The molecule has 35 heavy (non-hydrogen) atoms. The van der Waals surface area contributed by atoms with Crippen molar-refractivity contribution in [2.24, 2.45) is 0 Å². The molecule has 1 N–H and O–H groups in total. The number of fused-ring (bicyclic) bond motifs is 1. The lowest BCUT2D eigenvalue weighted by atomic mass is 10.0. The lowest BCUT2D eigenvalue weighted by molar-refractivity contribution is -0.121. The van der Waals surface area contributed by atoms with E-state index in [4.69, 9.17) is 51.8 Å². The standard InChI is InChI=1S/C25H19Cl3N2O3S2/c1-2-30-22(32)20(35-24(30)34)14-15-10-12-17(13-11-15)33-23(25(26,27)28)29-21(31)19-9-5-7-16-6-3-4-8-18(16)19/h3-14,23H,2H2,1H3,(H,29,31). The molecule has 1 atom stereocenters. The maximum Gasteiger partial charge on any atom is 0.266 e. The van der Waals surface area contributed by atoms with Crippen molar-refractivity contribution in [3.63, 3.8) is 0 Å². The molecule has 1 fully saturated rings. The summed E-state index contributed by atoms with van der Waals surface area (Å²) in [6.07, 6.45) is 0.499. The molecule has 180 valence electrons. The molecule has 0 aliphatic carbocycles. The Bertz CT molecular complexity index is 1320. The molecule has 2 amide bonds. The summed E-state index contributed by atoms with van der Waals surface area (Å²) < 4.78 is 4.43. The van der Waals surface area contributed by atoms with Crippen LogP contribution in [0.2, 0.25) is 0 Å². The van der Waals surface area contributed by atoms with Gasteiger partial charge in [0.1, 0.15) is 10.1 Å². The summed E-state index contributed by atoms with van der Waals surface area (Å²) >= 11 is 24.9. The van der Waals surface area contributed by atoms with E-state index >= 15 is 0 Å². The van der Waals surface area contributed by atoms with Crippen molar-refractivity contribution in [3.8, 4) is 5.75 Å². The van der Waals surface area contributed by atoms with Gasteiger partial charge in [-0.05, 0) is 47.5 Å². The van der Waals surface area contributed by atoms with Crippen LogP contribution in [-0.4, -0.2) is 37.6 Å². The van der Waals surface area contributed by atoms with Crippen molar-refractivity contribution in [3.05, 3.63) is 82.8 Å². The van der Waals surface area contributed by atoms with Gasteiger partial charge in [0.15, 0.2) is 0 Å². The first kappa shape index (κ1) is 25.8. The third-order valence-corrected chi connectivity index (χ3v) is 7.19. The minimum atomic E-state index is -1.94. The first-order valence-corrected chi connectivity index (χ1v) is 12.9. The number of halogens is 3. The molecule has 1 aliphatic rings. The predicted octanol–water partition coefficient (Wildman–Crippen LogP) is 6.57. The summed E-state index contributed by atoms with van der Waals surface area (Å²) in [5, 5.41) is 4.36. The number of thioether (sulfide) groups is 1. The van der Waals surface area contributed by atoms with E-state index in [0.29, 0.717) is 27.1 Å². The molecule has 3 aromatic rings. The van der Waals surface area contributed by atoms with Crippen molar-refractivity contribution < 1.29 is 14.3 Å². The molecule has 1 unspecified atom stereocenters. The number of carbonyl (C=O) groups excluding carboxylic acids is 2. The molecule has 5 nitrogen and oxygen atoms in total. The van der Waals surface area contributed by atoms with Crippen molar-refractivity contribution in [1.29, 1.82) is 0 Å². The minimum absolute atomic E-state index is 0.116. The van der Waals surface area contributed by atoms with Crippen molar-refractivity contribution in [1.82, 2.24) is 10.2 Å². The van der Waals surface area contributed by atoms with Gasteiger partial charge in [-0.2, -0.15) is 0 Å². The maximum absolute atomic E-state index is 13.0. The Labute approximate surface area is 227 Å². The zero-order valence-corrected chi connectivity index (χ0v) is 22.2. The summed E-state index contributed by atoms with van der Waals surface area (Å²) in [5.41, 5.74) is 1.21. The van der Waals surface area contributed by atoms with Crippen LogP contribution in [0.1, 0.15) is 22.8 Å². The molecule has 10 heteroatoms. The average molecular weight is 566 g/mol. The second-order valence-corrected chi connectivity index (χ2v) is 11.6. The van der Waals surface area contributed by atoms with Crippen LogP contribution in [-0.2, 0) is 4.79 Å². The third kappa shape index (κ3) is 5.93. The monoisotopic (exact) mass is 564 g/mol. The number of hydrogen-bond acceptors (Lipinski definition) is 5. The largest absolute Gasteiger partial charge is 0.466 e. The number of carbonyl (C=O) groups is 2. The van der Waals surface area contributed by atoms with Crippen molar-refractivity contribution in [2.75, 3.05) is 6.54 Å². The van der Waals surface area contributed by atoms with E-state index in [1.54, 1.807) is 47.4 Å². The second kappa shape index (κ2) is 10.8. The summed E-state index contributed by atoms with van der Waals surface area (Å²) in [6.45, 7) is 2.40. The number of rotatable bonds is 6. The number of nitrogens with zero attached hydrogens (tertiary/aromatic N) is 1. The zero-order chi connectivity index (χ0) is 25.2. The van der Waals surface area contributed by atoms with Gasteiger partial charge >= 0.3 is 0 Å². The van der Waals surface area contributed by atoms with Crippen LogP contribution < -0.4 is 10.1 Å². The lowest BCUT2D eigenvalue weighted by Gasteiger charge is -2.26. The smallest absolute Gasteiger partial charge is 0.266 e. The van der Waals surface area contributed by atoms with Crippen molar-refractivity contribution in [2.45, 2.75) is 16.9 Å². The highest BCUT2D eigenvalue weighted by Gasteiger charge is 2.36. The molecule has 1 saturated heterocycles. The fourth-order valence-electron chi connectivity index (χ4n) is 3.50. The van der Waals surface area contributed by atoms with E-state index in [2.05, 4.69) is 5.32 Å². The zero-order valence-electron chi connectivity index (χ0n) is 18.3. The molecule has 0 bridgehead atoms. The highest BCUT2D eigenvalue weighted by atomic mass is 35.6. The maximum atomic E-state index is 13.0. The highest BCUT2D eigenvalue weighted by Crippen LogP contribution is 2.34. The van der Waals surface area contributed by atoms with E-state index in [1.165, 1.54) is 11.8 Å². The van der Waals surface area contributed by atoms with Crippen LogP contribution in [0.3, 0.4) is 0 Å². The fourth-order valence-corrected chi connectivity index (χ4v) is 5.18. The number of alkyl halides is 3. The van der Waals surface area contributed by atoms with Crippen LogP contribution in [0.15, 0.2) is 71.6 Å². The van der Waals surface area contributed by atoms with Gasteiger partial charge in [-0.3, -0.25) is 14.5 Å². The van der Waals surface area contributed by atoms with Crippen molar-refractivity contribution >= 4 is 91.8 Å². The molecule has 0 saturated carbocycles. The molecular formula is C25H19Cl3N2O3S2. The molecule has 1 heterocycles. The molecule has 0 radical (unpaired) electrons. The molecule has 4 rings (SSSR count). The van der Waals surface area contributed by atoms with Crippen LogP contribution in [0.5, 0.6) is 5.75 Å². The van der Waals surface area contributed by atoms with Gasteiger partial charge in [0, 0.05) is 12.1 Å². The van der Waals surface area contributed by atoms with Crippen LogP contribution in [0, 0.1) is 0 Å². The minimum Gasteiger partial charge on any atom is -0.466 e. The molecule has 1 aliphatic heterocycles. The number of benzene rings is 3. The summed E-state index contributed by atoms with van der Waals surface area (Å²) in [4.78, 5) is 27.6. The highest BCUT2D eigenvalue weighted by molar-refractivity contribution is 8.26. The van der Waals surface area contributed by atoms with Crippen LogP contribution in [0.25, 0.3) is 16.8 Å². The van der Waals surface area contributed by atoms with Gasteiger partial charge in [-0.1, -0.05) is 107 Å². The Kier molecular flexibility index (Phi) is 7.93. The van der Waals surface area contributed by atoms with E-state index < -0.39 is 15.9 Å². The number of thiocarbonyl (C=S) groups is 1. The van der Waals surface area contributed by atoms with Crippen LogP contribution in [0.4, 0.5) is 0 Å². The number of likely N-dealkylation sites (N-methyl/N-ethyl adjacent to an activating group) is 1. The number of ether oxygens (including phenoxy) is 1. The normalized spacial score (nSPS) is 16.1. The molecule has 3 aromatic carbocycles. The number of nitrogens with one attached hydrogen (secondary N) is 1. The Hall–Kier alpha value is -2.29. The van der Waals surface area contributed by atoms with Gasteiger partial charge in [0.05, 0.1) is 4.91 Å². The third-order valence-electron chi connectivity index (χ3n) is 5.22. The van der Waals surface area contributed by atoms with Gasteiger partial charge in [-0.15, -0.1) is 0 Å². The first-order chi connectivity index (χ1) is 16.7. The number of amides is 2. The molecule has 0 spiro atoms. The van der Waals surface area contributed by atoms with Gasteiger partial charge in [0.2, 0.25) is 10.0 Å². The van der Waals surface area contributed by atoms with Crippen LogP contribution >= 0.6 is 58.8 Å². The number of hydrogen-bond donors (Lipinski definition) is 1. The van der Waals surface area contributed by atoms with Gasteiger partial charge in [-0.25, -0.2) is 0 Å². The second-order valence-electron chi connectivity index (χ2n) is 7.53. The molecule has 0 aromatic heterocycles. The Morgan fingerprint density at radius 2 is 1.80 bits per heavy atom. The van der Waals surface area contributed by atoms with Gasteiger partial charge in [0.25, 0.3) is 11.8 Å². The topological polar surface area (TPSA) is 58.6 Å². The van der Waals surface area contributed by atoms with E-state index in [0.717, 1.165) is 16.3 Å². The van der Waals surface area contributed by atoms with Gasteiger partial charge < -0.3 is 10.1 Å². The average Bonchev–Trinajstić information content (AvgIpc) is 3.10. The van der Waals surface area contributed by atoms with E-state index in [9.17, 15) is 9.59 Å². The Morgan fingerprint density at radius 1 is 1.11 bits per heavy atom. The fraction of sp³-hybridized carbons (Fsp3) is 0.160. The Balaban J connectivity index is 1.51.